The van der Waals surface area contributed by atoms with Gasteiger partial charge in [0, 0.05) is 25.3 Å². The van der Waals surface area contributed by atoms with Crippen molar-refractivity contribution in [2.45, 2.75) is 18.4 Å². The van der Waals surface area contributed by atoms with E-state index in [1.165, 1.54) is 41.1 Å². The van der Waals surface area contributed by atoms with Crippen LogP contribution in [0.15, 0.2) is 59.5 Å². The molecule has 28 heavy (non-hydrogen) atoms. The Morgan fingerprint density at radius 2 is 1.79 bits per heavy atom. The summed E-state index contributed by atoms with van der Waals surface area (Å²) < 4.78 is 34.4. The number of nitrogens with zero attached hydrogens (tertiary/aromatic N) is 3. The van der Waals surface area contributed by atoms with Crippen molar-refractivity contribution in [3.05, 3.63) is 76.0 Å². The van der Waals surface area contributed by atoms with E-state index >= 15 is 0 Å². The van der Waals surface area contributed by atoms with E-state index in [2.05, 4.69) is 9.82 Å². The summed E-state index contributed by atoms with van der Waals surface area (Å²) >= 11 is 0. The number of nitro groups is 1. The Bertz CT molecular complexity index is 1090. The topological polar surface area (TPSA) is 116 Å². The van der Waals surface area contributed by atoms with Crippen LogP contribution in [0, 0.1) is 17.0 Å². The first kappa shape index (κ1) is 19.5. The van der Waals surface area contributed by atoms with Gasteiger partial charge in [0.25, 0.3) is 15.7 Å². The number of nitro benzene ring substituents is 1. The third kappa shape index (κ3) is 4.18. The Labute approximate surface area is 161 Å². The number of methoxy groups -OCH3 is 1. The number of rotatable bonds is 7. The van der Waals surface area contributed by atoms with Gasteiger partial charge in [-0.05, 0) is 36.8 Å². The number of hydrogen-bond donors (Lipinski definition) is 1. The fourth-order valence-corrected chi connectivity index (χ4v) is 3.65. The van der Waals surface area contributed by atoms with Crippen LogP contribution in [-0.2, 0) is 21.4 Å². The van der Waals surface area contributed by atoms with Gasteiger partial charge in [-0.2, -0.15) is 5.10 Å². The molecule has 0 amide bonds. The highest BCUT2D eigenvalue weighted by Gasteiger charge is 2.18. The number of sulfonamides is 1. The van der Waals surface area contributed by atoms with Gasteiger partial charge in [0.05, 0.1) is 27.8 Å². The maximum absolute atomic E-state index is 12.7. The summed E-state index contributed by atoms with van der Waals surface area (Å²) in [5, 5.41) is 15.1. The number of ether oxygens (including phenoxy) is 1. The third-order valence-electron chi connectivity index (χ3n) is 3.92. The summed E-state index contributed by atoms with van der Waals surface area (Å²) in [7, 11) is -2.28. The second-order valence-corrected chi connectivity index (χ2v) is 7.72. The van der Waals surface area contributed by atoms with Crippen LogP contribution in [0.5, 0.6) is 0 Å². The van der Waals surface area contributed by atoms with Gasteiger partial charge in [-0.1, -0.05) is 12.1 Å². The van der Waals surface area contributed by atoms with Crippen LogP contribution in [0.1, 0.15) is 11.3 Å². The molecule has 0 aliphatic heterocycles. The van der Waals surface area contributed by atoms with Gasteiger partial charge in [-0.15, -0.1) is 0 Å². The summed E-state index contributed by atoms with van der Waals surface area (Å²) in [6, 6.07) is 13.6. The average molecular weight is 402 g/mol. The molecule has 0 bridgehead atoms. The molecule has 10 heteroatoms. The quantitative estimate of drug-likeness (QED) is 0.480. The van der Waals surface area contributed by atoms with Crippen LogP contribution < -0.4 is 4.72 Å². The monoisotopic (exact) mass is 402 g/mol. The maximum atomic E-state index is 12.7. The lowest BCUT2D eigenvalue weighted by molar-refractivity contribution is -0.384. The van der Waals surface area contributed by atoms with Gasteiger partial charge in [0.15, 0.2) is 0 Å². The molecule has 0 aliphatic carbocycles. The second kappa shape index (κ2) is 7.79. The first-order chi connectivity index (χ1) is 13.3. The SMILES string of the molecule is COCc1ccc(S(=O)(=O)Nc2cc(C)nn2-c2ccc([N+](=O)[O-])cc2)cc1. The van der Waals surface area contributed by atoms with Gasteiger partial charge in [0.1, 0.15) is 5.82 Å². The number of anilines is 1. The standard InChI is InChI=1S/C18H18N4O5S/c1-13-11-18(21(19-13)15-5-7-16(8-6-15)22(23)24)20-28(25,26)17-9-3-14(4-10-17)12-27-2/h3-11,20H,12H2,1-2H3. The molecule has 2 aromatic carbocycles. The van der Waals surface area contributed by atoms with Crippen molar-refractivity contribution >= 4 is 21.5 Å². The van der Waals surface area contributed by atoms with Gasteiger partial charge in [0.2, 0.25) is 0 Å². The van der Waals surface area contributed by atoms with Crippen LogP contribution in [0.4, 0.5) is 11.5 Å². The van der Waals surface area contributed by atoms with Crippen molar-refractivity contribution in [3.63, 3.8) is 0 Å². The van der Waals surface area contributed by atoms with E-state index < -0.39 is 14.9 Å². The molecule has 0 spiro atoms. The Hall–Kier alpha value is -3.24. The van der Waals surface area contributed by atoms with E-state index in [4.69, 9.17) is 4.74 Å². The highest BCUT2D eigenvalue weighted by molar-refractivity contribution is 7.92. The summed E-state index contributed by atoms with van der Waals surface area (Å²) in [5.74, 6) is 0.229. The Morgan fingerprint density at radius 1 is 1.14 bits per heavy atom. The van der Waals surface area contributed by atoms with Crippen molar-refractivity contribution < 1.29 is 18.1 Å². The first-order valence-electron chi connectivity index (χ1n) is 8.22. The van der Waals surface area contributed by atoms with Crippen LogP contribution in [0.25, 0.3) is 5.69 Å². The van der Waals surface area contributed by atoms with Gasteiger partial charge in [-0.3, -0.25) is 14.8 Å². The molecule has 9 nitrogen and oxygen atoms in total. The highest BCUT2D eigenvalue weighted by atomic mass is 32.2. The molecule has 0 radical (unpaired) electrons. The van der Waals surface area contributed by atoms with Crippen molar-refractivity contribution in [2.75, 3.05) is 11.8 Å². The molecule has 0 unspecified atom stereocenters. The molecule has 0 fully saturated rings. The van der Waals surface area contributed by atoms with Crippen molar-refractivity contribution in [1.29, 1.82) is 0 Å². The van der Waals surface area contributed by atoms with Gasteiger partial charge >= 0.3 is 0 Å². The zero-order valence-corrected chi connectivity index (χ0v) is 16.0. The summed E-state index contributed by atoms with van der Waals surface area (Å²) in [6.07, 6.45) is 0. The first-order valence-corrected chi connectivity index (χ1v) is 9.70. The van der Waals surface area contributed by atoms with E-state index in [-0.39, 0.29) is 16.4 Å². The molecule has 1 aromatic heterocycles. The predicted octanol–water partition coefficient (Wildman–Crippen LogP) is 3.04. The predicted molar refractivity (Wildman–Crippen MR) is 103 cm³/mol. The van der Waals surface area contributed by atoms with Crippen molar-refractivity contribution in [2.24, 2.45) is 0 Å². The Kier molecular flexibility index (Phi) is 5.43. The Balaban J connectivity index is 1.91. The lowest BCUT2D eigenvalue weighted by Crippen LogP contribution is -2.16. The van der Waals surface area contributed by atoms with Crippen LogP contribution in [-0.4, -0.2) is 30.2 Å². The molecule has 0 aliphatic rings. The van der Waals surface area contributed by atoms with E-state index in [0.29, 0.717) is 18.0 Å². The normalized spacial score (nSPS) is 11.4. The molecule has 0 saturated heterocycles. The average Bonchev–Trinajstić information content (AvgIpc) is 3.02. The minimum absolute atomic E-state index is 0.0640. The zero-order valence-electron chi connectivity index (χ0n) is 15.2. The number of hydrogen-bond acceptors (Lipinski definition) is 6. The number of benzene rings is 2. The van der Waals surface area contributed by atoms with Crippen molar-refractivity contribution in [3.8, 4) is 5.69 Å². The lowest BCUT2D eigenvalue weighted by atomic mass is 10.2. The molecule has 1 heterocycles. The zero-order chi connectivity index (χ0) is 20.3. The minimum atomic E-state index is -3.84. The van der Waals surface area contributed by atoms with E-state index in [9.17, 15) is 18.5 Å². The number of aryl methyl sites for hydroxylation is 1. The van der Waals surface area contributed by atoms with Crippen molar-refractivity contribution in [1.82, 2.24) is 9.78 Å². The minimum Gasteiger partial charge on any atom is -0.380 e. The summed E-state index contributed by atoms with van der Waals surface area (Å²) in [4.78, 5) is 10.4. The fraction of sp³-hybridized carbons (Fsp3) is 0.167. The lowest BCUT2D eigenvalue weighted by Gasteiger charge is -2.11. The number of aromatic nitrogens is 2. The molecular formula is C18H18N4O5S. The molecule has 0 saturated carbocycles. The molecule has 3 rings (SSSR count). The molecule has 1 N–H and O–H groups in total. The summed E-state index contributed by atoms with van der Waals surface area (Å²) in [6.45, 7) is 2.11. The molecular weight excluding hydrogens is 384 g/mol. The van der Waals surface area contributed by atoms with E-state index in [1.807, 2.05) is 0 Å². The molecule has 3 aromatic rings. The summed E-state index contributed by atoms with van der Waals surface area (Å²) in [5.41, 5.74) is 1.87. The van der Waals surface area contributed by atoms with Gasteiger partial charge in [-0.25, -0.2) is 13.1 Å². The smallest absolute Gasteiger partial charge is 0.269 e. The Morgan fingerprint density at radius 3 is 2.36 bits per heavy atom. The number of nitrogens with one attached hydrogen (secondary N) is 1. The molecule has 0 atom stereocenters. The van der Waals surface area contributed by atoms with Gasteiger partial charge < -0.3 is 4.74 Å². The second-order valence-electron chi connectivity index (χ2n) is 6.04. The number of non-ortho nitro benzene ring substituents is 1. The third-order valence-corrected chi connectivity index (χ3v) is 5.29. The maximum Gasteiger partial charge on any atom is 0.269 e. The van der Waals surface area contributed by atoms with Crippen LogP contribution in [0.2, 0.25) is 0 Å². The molecule has 146 valence electrons. The highest BCUT2D eigenvalue weighted by Crippen LogP contribution is 2.23. The van der Waals surface area contributed by atoms with E-state index in [1.54, 1.807) is 32.2 Å². The van der Waals surface area contributed by atoms with Crippen LogP contribution >= 0.6 is 0 Å². The fourth-order valence-electron chi connectivity index (χ4n) is 2.61. The largest absolute Gasteiger partial charge is 0.380 e. The van der Waals surface area contributed by atoms with E-state index in [0.717, 1.165) is 5.56 Å². The van der Waals surface area contributed by atoms with Crippen LogP contribution in [0.3, 0.4) is 0 Å².